The molecule has 0 radical (unpaired) electrons. The van der Waals surface area contributed by atoms with E-state index in [1.807, 2.05) is 25.1 Å². The number of aromatic carboxylic acids is 1. The predicted molar refractivity (Wildman–Crippen MR) is 77.9 cm³/mol. The summed E-state index contributed by atoms with van der Waals surface area (Å²) in [5, 5.41) is 14.4. The summed E-state index contributed by atoms with van der Waals surface area (Å²) in [5.41, 5.74) is 1.15. The van der Waals surface area contributed by atoms with E-state index in [0.29, 0.717) is 19.5 Å². The average molecular weight is 276 g/mol. The molecule has 0 aromatic heterocycles. The van der Waals surface area contributed by atoms with Crippen LogP contribution in [0.15, 0.2) is 36.4 Å². The minimum absolute atomic E-state index is 0.205. The van der Waals surface area contributed by atoms with Crippen LogP contribution in [-0.4, -0.2) is 30.2 Å². The second-order valence-electron chi connectivity index (χ2n) is 4.30. The van der Waals surface area contributed by atoms with E-state index in [1.165, 1.54) is 0 Å². The Balaban J connectivity index is 2.28. The molecular formula is C15H20N2O3. The van der Waals surface area contributed by atoms with Gasteiger partial charge in [-0.3, -0.25) is 0 Å². The topological polar surface area (TPSA) is 78.4 Å². The van der Waals surface area contributed by atoms with E-state index >= 15 is 0 Å². The van der Waals surface area contributed by atoms with Crippen LogP contribution in [0.4, 0.5) is 4.79 Å². The maximum atomic E-state index is 11.4. The van der Waals surface area contributed by atoms with Gasteiger partial charge in [-0.2, -0.15) is 0 Å². The fraction of sp³-hybridized carbons (Fsp3) is 0.333. The second-order valence-corrected chi connectivity index (χ2v) is 4.30. The summed E-state index contributed by atoms with van der Waals surface area (Å²) < 4.78 is 0. The largest absolute Gasteiger partial charge is 0.478 e. The van der Waals surface area contributed by atoms with E-state index in [-0.39, 0.29) is 11.6 Å². The molecule has 1 aromatic rings. The first-order valence-corrected chi connectivity index (χ1v) is 6.58. The van der Waals surface area contributed by atoms with E-state index in [4.69, 9.17) is 5.11 Å². The highest BCUT2D eigenvalue weighted by Gasteiger charge is 2.03. The maximum Gasteiger partial charge on any atom is 0.335 e. The molecule has 0 spiro atoms. The Morgan fingerprint density at radius 2 is 2.00 bits per heavy atom. The van der Waals surface area contributed by atoms with Crippen LogP contribution in [-0.2, 0) is 6.42 Å². The van der Waals surface area contributed by atoms with Gasteiger partial charge in [0.1, 0.15) is 0 Å². The van der Waals surface area contributed by atoms with Crippen LogP contribution >= 0.6 is 0 Å². The van der Waals surface area contributed by atoms with Gasteiger partial charge >= 0.3 is 12.0 Å². The number of benzene rings is 1. The third-order valence-corrected chi connectivity index (χ3v) is 2.71. The molecule has 0 aliphatic heterocycles. The number of carboxylic acid groups (broad SMARTS) is 1. The van der Waals surface area contributed by atoms with Gasteiger partial charge in [-0.15, -0.1) is 0 Å². The monoisotopic (exact) mass is 276 g/mol. The van der Waals surface area contributed by atoms with Gasteiger partial charge in [-0.05, 0) is 37.5 Å². The van der Waals surface area contributed by atoms with Crippen LogP contribution in [0.25, 0.3) is 0 Å². The van der Waals surface area contributed by atoms with Crippen LogP contribution in [0.5, 0.6) is 0 Å². The SMILES string of the molecule is C/C=C/CCNC(=O)NCCc1cccc(C(=O)O)c1. The first-order valence-electron chi connectivity index (χ1n) is 6.58. The van der Waals surface area contributed by atoms with Crippen LogP contribution < -0.4 is 10.6 Å². The Hall–Kier alpha value is -2.30. The molecule has 5 nitrogen and oxygen atoms in total. The van der Waals surface area contributed by atoms with Gasteiger partial charge in [-0.25, -0.2) is 9.59 Å². The van der Waals surface area contributed by atoms with Crippen molar-refractivity contribution < 1.29 is 14.7 Å². The molecule has 1 rings (SSSR count). The van der Waals surface area contributed by atoms with E-state index in [0.717, 1.165) is 12.0 Å². The maximum absolute atomic E-state index is 11.4. The highest BCUT2D eigenvalue weighted by Crippen LogP contribution is 2.05. The van der Waals surface area contributed by atoms with Crippen molar-refractivity contribution >= 4 is 12.0 Å². The molecule has 108 valence electrons. The number of nitrogens with one attached hydrogen (secondary N) is 2. The van der Waals surface area contributed by atoms with E-state index < -0.39 is 5.97 Å². The van der Waals surface area contributed by atoms with Gasteiger partial charge in [-0.1, -0.05) is 24.3 Å². The molecule has 3 N–H and O–H groups in total. The van der Waals surface area contributed by atoms with Crippen molar-refractivity contribution in [1.29, 1.82) is 0 Å². The second kappa shape index (κ2) is 8.74. The number of carboxylic acids is 1. The lowest BCUT2D eigenvalue weighted by Crippen LogP contribution is -2.36. The molecule has 1 aromatic carbocycles. The summed E-state index contributed by atoms with van der Waals surface area (Å²) in [6.45, 7) is 3.01. The first kappa shape index (κ1) is 15.8. The molecule has 0 saturated carbocycles. The molecular weight excluding hydrogens is 256 g/mol. The van der Waals surface area contributed by atoms with Gasteiger partial charge in [0.2, 0.25) is 0 Å². The molecule has 0 saturated heterocycles. The van der Waals surface area contributed by atoms with Crippen molar-refractivity contribution in [3.63, 3.8) is 0 Å². The molecule has 0 aliphatic carbocycles. The standard InChI is InChI=1S/C15H20N2O3/c1-2-3-4-9-16-15(20)17-10-8-12-6-5-7-13(11-12)14(18)19/h2-3,5-7,11H,4,8-10H2,1H3,(H,18,19)(H2,16,17,20)/b3-2+. The molecule has 2 amide bonds. The Morgan fingerprint density at radius 1 is 1.25 bits per heavy atom. The highest BCUT2D eigenvalue weighted by atomic mass is 16.4. The first-order chi connectivity index (χ1) is 9.63. The number of carbonyl (C=O) groups excluding carboxylic acids is 1. The van der Waals surface area contributed by atoms with Gasteiger partial charge in [0.05, 0.1) is 5.56 Å². The fourth-order valence-electron chi connectivity index (χ4n) is 1.68. The summed E-state index contributed by atoms with van der Waals surface area (Å²) in [6.07, 6.45) is 5.33. The van der Waals surface area contributed by atoms with Crippen LogP contribution in [0.1, 0.15) is 29.3 Å². The van der Waals surface area contributed by atoms with Gasteiger partial charge in [0.25, 0.3) is 0 Å². The fourth-order valence-corrected chi connectivity index (χ4v) is 1.68. The molecule has 0 fully saturated rings. The number of allylic oxidation sites excluding steroid dienone is 1. The highest BCUT2D eigenvalue weighted by molar-refractivity contribution is 5.87. The van der Waals surface area contributed by atoms with Gasteiger partial charge in [0.15, 0.2) is 0 Å². The molecule has 0 atom stereocenters. The van der Waals surface area contributed by atoms with Crippen LogP contribution in [0.3, 0.4) is 0 Å². The third kappa shape index (κ3) is 6.04. The zero-order valence-corrected chi connectivity index (χ0v) is 11.6. The normalized spacial score (nSPS) is 10.4. The molecule has 0 bridgehead atoms. The Bertz CT molecular complexity index is 484. The average Bonchev–Trinajstić information content (AvgIpc) is 2.44. The Kier molecular flexibility index (Phi) is 6.89. The Labute approximate surface area is 118 Å². The van der Waals surface area contributed by atoms with Crippen molar-refractivity contribution in [2.45, 2.75) is 19.8 Å². The number of amides is 2. The van der Waals surface area contributed by atoms with Crippen LogP contribution in [0, 0.1) is 0 Å². The summed E-state index contributed by atoms with van der Waals surface area (Å²) in [7, 11) is 0. The summed E-state index contributed by atoms with van der Waals surface area (Å²) in [6, 6.07) is 6.51. The van der Waals surface area contributed by atoms with Crippen molar-refractivity contribution in [3.8, 4) is 0 Å². The summed E-state index contributed by atoms with van der Waals surface area (Å²) in [5.74, 6) is -0.943. The van der Waals surface area contributed by atoms with E-state index in [9.17, 15) is 9.59 Å². The number of rotatable bonds is 7. The van der Waals surface area contributed by atoms with Crippen molar-refractivity contribution in [2.24, 2.45) is 0 Å². The summed E-state index contributed by atoms with van der Waals surface area (Å²) >= 11 is 0. The van der Waals surface area contributed by atoms with E-state index in [2.05, 4.69) is 10.6 Å². The minimum atomic E-state index is -0.943. The Morgan fingerprint density at radius 3 is 2.70 bits per heavy atom. The van der Waals surface area contributed by atoms with Gasteiger partial charge < -0.3 is 15.7 Å². The molecule has 0 heterocycles. The minimum Gasteiger partial charge on any atom is -0.478 e. The van der Waals surface area contributed by atoms with Crippen molar-refractivity contribution in [2.75, 3.05) is 13.1 Å². The van der Waals surface area contributed by atoms with E-state index in [1.54, 1.807) is 18.2 Å². The molecule has 20 heavy (non-hydrogen) atoms. The molecule has 5 heteroatoms. The summed E-state index contributed by atoms with van der Waals surface area (Å²) in [4.78, 5) is 22.3. The van der Waals surface area contributed by atoms with Crippen LogP contribution in [0.2, 0.25) is 0 Å². The lowest BCUT2D eigenvalue weighted by molar-refractivity contribution is 0.0696. The predicted octanol–water partition coefficient (Wildman–Crippen LogP) is 2.19. The van der Waals surface area contributed by atoms with Crippen molar-refractivity contribution in [3.05, 3.63) is 47.5 Å². The third-order valence-electron chi connectivity index (χ3n) is 2.71. The lowest BCUT2D eigenvalue weighted by Gasteiger charge is -2.07. The molecule has 0 unspecified atom stereocenters. The quantitative estimate of drug-likeness (QED) is 0.527. The number of hydrogen-bond acceptors (Lipinski definition) is 2. The number of urea groups is 1. The lowest BCUT2D eigenvalue weighted by atomic mass is 10.1. The zero-order valence-electron chi connectivity index (χ0n) is 11.6. The smallest absolute Gasteiger partial charge is 0.335 e. The van der Waals surface area contributed by atoms with Gasteiger partial charge in [0, 0.05) is 13.1 Å². The zero-order chi connectivity index (χ0) is 14.8. The number of hydrogen-bond donors (Lipinski definition) is 3. The number of carbonyl (C=O) groups is 2. The molecule has 0 aliphatic rings. The van der Waals surface area contributed by atoms with Crippen molar-refractivity contribution in [1.82, 2.24) is 10.6 Å².